The minimum Gasteiger partial charge on any atom is -0.342 e. The predicted octanol–water partition coefficient (Wildman–Crippen LogP) is 5.82. The highest BCUT2D eigenvalue weighted by molar-refractivity contribution is 6.42. The Hall–Kier alpha value is -2.19. The van der Waals surface area contributed by atoms with Gasteiger partial charge in [-0.3, -0.25) is 19.5 Å². The zero-order valence-electron chi connectivity index (χ0n) is 24.8. The molecule has 3 heterocycles. The van der Waals surface area contributed by atoms with Crippen LogP contribution in [-0.2, 0) is 4.79 Å². The van der Waals surface area contributed by atoms with Crippen LogP contribution in [-0.4, -0.2) is 101 Å². The van der Waals surface area contributed by atoms with Crippen molar-refractivity contribution in [3.05, 3.63) is 63.9 Å². The molecule has 9 heteroatoms. The number of likely N-dealkylation sites (tertiary alicyclic amines) is 2. The van der Waals surface area contributed by atoms with Crippen molar-refractivity contribution in [1.82, 2.24) is 24.6 Å². The van der Waals surface area contributed by atoms with Crippen molar-refractivity contribution in [2.24, 2.45) is 0 Å². The highest BCUT2D eigenvalue weighted by atomic mass is 35.5. The molecule has 1 aromatic heterocycles. The summed E-state index contributed by atoms with van der Waals surface area (Å²) in [7, 11) is 1.83. The van der Waals surface area contributed by atoms with Crippen molar-refractivity contribution < 1.29 is 9.59 Å². The zero-order valence-corrected chi connectivity index (χ0v) is 26.3. The summed E-state index contributed by atoms with van der Waals surface area (Å²) in [5, 5.41) is 1.04. The third-order valence-electron chi connectivity index (χ3n) is 9.03. The predicted molar refractivity (Wildman–Crippen MR) is 167 cm³/mol. The summed E-state index contributed by atoms with van der Waals surface area (Å²) >= 11 is 12.6. The molecule has 2 amide bonds. The maximum absolute atomic E-state index is 13.9. The summed E-state index contributed by atoms with van der Waals surface area (Å²) < 4.78 is 0. The van der Waals surface area contributed by atoms with Gasteiger partial charge in [0, 0.05) is 51.9 Å². The summed E-state index contributed by atoms with van der Waals surface area (Å²) in [6.45, 7) is 10.9. The van der Waals surface area contributed by atoms with Crippen LogP contribution in [0.4, 0.5) is 0 Å². The average molecular weight is 603 g/mol. The molecular formula is C32H45Cl2N5O2. The van der Waals surface area contributed by atoms with E-state index in [9.17, 15) is 9.59 Å². The monoisotopic (exact) mass is 601 g/mol. The lowest BCUT2D eigenvalue weighted by Crippen LogP contribution is -2.64. The van der Waals surface area contributed by atoms with Gasteiger partial charge < -0.3 is 14.7 Å². The third kappa shape index (κ3) is 7.61. The topological polar surface area (TPSA) is 60.0 Å². The summed E-state index contributed by atoms with van der Waals surface area (Å²) in [5.41, 5.74) is 1.11. The zero-order chi connectivity index (χ0) is 29.4. The van der Waals surface area contributed by atoms with Gasteiger partial charge in [0.2, 0.25) is 5.91 Å². The molecule has 2 saturated heterocycles. The van der Waals surface area contributed by atoms with E-state index in [1.807, 2.05) is 42.3 Å². The number of benzene rings is 1. The van der Waals surface area contributed by atoms with E-state index in [0.717, 1.165) is 70.6 Å². The van der Waals surface area contributed by atoms with Crippen LogP contribution in [0.3, 0.4) is 0 Å². The van der Waals surface area contributed by atoms with Crippen LogP contribution in [0, 0.1) is 0 Å². The molecule has 224 valence electrons. The number of likely N-dealkylation sites (N-methyl/N-ethyl adjacent to an activating group) is 2. The van der Waals surface area contributed by atoms with Crippen LogP contribution in [0.15, 0.2) is 42.6 Å². The van der Waals surface area contributed by atoms with Crippen molar-refractivity contribution in [3.63, 3.8) is 0 Å². The van der Waals surface area contributed by atoms with Crippen LogP contribution in [0.2, 0.25) is 10.0 Å². The van der Waals surface area contributed by atoms with E-state index < -0.39 is 0 Å². The van der Waals surface area contributed by atoms with Crippen LogP contribution >= 0.6 is 23.2 Å². The molecule has 2 fully saturated rings. The van der Waals surface area contributed by atoms with Gasteiger partial charge in [-0.25, -0.2) is 0 Å². The largest absolute Gasteiger partial charge is 0.342 e. The maximum Gasteiger partial charge on any atom is 0.272 e. The molecule has 2 aromatic rings. The van der Waals surface area contributed by atoms with Crippen molar-refractivity contribution in [1.29, 1.82) is 0 Å². The lowest BCUT2D eigenvalue weighted by molar-refractivity contribution is -0.149. The van der Waals surface area contributed by atoms with Gasteiger partial charge in [0.1, 0.15) is 11.2 Å². The Kier molecular flexibility index (Phi) is 11.5. The van der Waals surface area contributed by atoms with E-state index in [-0.39, 0.29) is 17.4 Å². The molecular weight excluding hydrogens is 557 g/mol. The molecule has 0 saturated carbocycles. The Bertz CT molecular complexity index is 1150. The number of hydrogen-bond acceptors (Lipinski definition) is 5. The number of carbonyl (C=O) groups is 2. The molecule has 2 aliphatic heterocycles. The Balaban J connectivity index is 1.46. The molecule has 41 heavy (non-hydrogen) atoms. The number of halogens is 2. The molecule has 0 N–H and O–H groups in total. The van der Waals surface area contributed by atoms with Gasteiger partial charge in [-0.05, 0) is 95.4 Å². The Morgan fingerprint density at radius 1 is 0.976 bits per heavy atom. The first-order valence-electron chi connectivity index (χ1n) is 15.2. The fraction of sp³-hybridized carbons (Fsp3) is 0.594. The van der Waals surface area contributed by atoms with Gasteiger partial charge in [0.25, 0.3) is 5.91 Å². The van der Waals surface area contributed by atoms with Crippen LogP contribution < -0.4 is 0 Å². The van der Waals surface area contributed by atoms with Crippen LogP contribution in [0.5, 0.6) is 0 Å². The fourth-order valence-electron chi connectivity index (χ4n) is 6.51. The maximum atomic E-state index is 13.9. The molecule has 1 atom stereocenters. The number of aromatic nitrogens is 1. The average Bonchev–Trinajstić information content (AvgIpc) is 3.01. The number of carbonyl (C=O) groups excluding carboxylic acids is 2. The molecule has 2 aliphatic rings. The van der Waals surface area contributed by atoms with Gasteiger partial charge in [-0.2, -0.15) is 0 Å². The molecule has 4 rings (SSSR count). The molecule has 0 spiro atoms. The number of piperidine rings is 2. The molecule has 0 radical (unpaired) electrons. The highest BCUT2D eigenvalue weighted by Crippen LogP contribution is 2.35. The van der Waals surface area contributed by atoms with Crippen molar-refractivity contribution >= 4 is 35.0 Å². The fourth-order valence-corrected chi connectivity index (χ4v) is 6.81. The van der Waals surface area contributed by atoms with Crippen molar-refractivity contribution in [2.45, 2.75) is 63.8 Å². The molecule has 1 unspecified atom stereocenters. The second kappa shape index (κ2) is 14.8. The van der Waals surface area contributed by atoms with Gasteiger partial charge in [-0.1, -0.05) is 41.8 Å². The smallest absolute Gasteiger partial charge is 0.272 e. The number of nitrogens with zero attached hydrogens (tertiary/aromatic N) is 5. The van der Waals surface area contributed by atoms with E-state index in [1.54, 1.807) is 17.2 Å². The quantitative estimate of drug-likeness (QED) is 0.324. The van der Waals surface area contributed by atoms with Crippen molar-refractivity contribution in [2.75, 3.05) is 59.4 Å². The van der Waals surface area contributed by atoms with Gasteiger partial charge in [0.15, 0.2) is 0 Å². The minimum absolute atomic E-state index is 0.0773. The summed E-state index contributed by atoms with van der Waals surface area (Å²) in [6, 6.07) is 11.2. The standard InChI is InChI=1S/C32H45Cl2N5O2/c1-4-38(5-2)31(41)32(39-18-9-6-10-19-39)15-21-37(22-16-32)20-14-26(25-12-13-27(33)28(34)23-25)24-36(3)30(40)29-11-7-8-17-35-29/h7-8,11-13,17,23,26H,4-6,9-10,14-16,18-22,24H2,1-3H3. The lowest BCUT2D eigenvalue weighted by Gasteiger charge is -2.50. The highest BCUT2D eigenvalue weighted by Gasteiger charge is 2.47. The van der Waals surface area contributed by atoms with E-state index in [0.29, 0.717) is 28.2 Å². The first-order chi connectivity index (χ1) is 19.8. The molecule has 0 aliphatic carbocycles. The van der Waals surface area contributed by atoms with E-state index >= 15 is 0 Å². The summed E-state index contributed by atoms with van der Waals surface area (Å²) in [5.74, 6) is 0.288. The van der Waals surface area contributed by atoms with Gasteiger partial charge >= 0.3 is 0 Å². The minimum atomic E-state index is -0.388. The number of pyridine rings is 1. The van der Waals surface area contributed by atoms with E-state index in [1.165, 1.54) is 19.3 Å². The number of rotatable bonds is 11. The second-order valence-electron chi connectivity index (χ2n) is 11.5. The Labute approximate surface area is 255 Å². The number of hydrogen-bond donors (Lipinski definition) is 0. The van der Waals surface area contributed by atoms with Crippen molar-refractivity contribution in [3.8, 4) is 0 Å². The molecule has 0 bridgehead atoms. The van der Waals surface area contributed by atoms with Crippen LogP contribution in [0.25, 0.3) is 0 Å². The van der Waals surface area contributed by atoms with Gasteiger partial charge in [0.05, 0.1) is 10.0 Å². The summed E-state index contributed by atoms with van der Waals surface area (Å²) in [6.07, 6.45) is 7.82. The summed E-state index contributed by atoms with van der Waals surface area (Å²) in [4.78, 5) is 40.0. The lowest BCUT2D eigenvalue weighted by atomic mass is 9.82. The third-order valence-corrected chi connectivity index (χ3v) is 9.77. The number of amides is 2. The molecule has 7 nitrogen and oxygen atoms in total. The second-order valence-corrected chi connectivity index (χ2v) is 12.3. The van der Waals surface area contributed by atoms with Crippen LogP contribution in [0.1, 0.15) is 74.3 Å². The Morgan fingerprint density at radius 2 is 1.68 bits per heavy atom. The van der Waals surface area contributed by atoms with E-state index in [2.05, 4.69) is 28.6 Å². The molecule has 1 aromatic carbocycles. The first-order valence-corrected chi connectivity index (χ1v) is 15.9. The SMILES string of the molecule is CCN(CC)C(=O)C1(N2CCCCC2)CCN(CCC(CN(C)C(=O)c2ccccn2)c2ccc(Cl)c(Cl)c2)CC1. The van der Waals surface area contributed by atoms with Gasteiger partial charge in [-0.15, -0.1) is 0 Å². The Morgan fingerprint density at radius 3 is 2.29 bits per heavy atom. The van der Waals surface area contributed by atoms with E-state index in [4.69, 9.17) is 23.2 Å². The normalized spacial score (nSPS) is 18.6. The first kappa shape index (κ1) is 31.7.